The third-order valence-corrected chi connectivity index (χ3v) is 8.14. The summed E-state index contributed by atoms with van der Waals surface area (Å²) < 4.78 is 24.1. The molecule has 0 unspecified atom stereocenters. The molecule has 0 radical (unpaired) electrons. The van der Waals surface area contributed by atoms with Gasteiger partial charge in [0, 0.05) is 30.0 Å². The number of allylic oxidation sites excluding steroid dienone is 4. The summed E-state index contributed by atoms with van der Waals surface area (Å²) in [4.78, 5) is 4.36. The molecule has 238 valence electrons. The number of benzene rings is 4. The standard InChI is InChI=1S/C41H40N2O4/c1-5-8-40-30(4)26-42(28-44-40)34-14-22-38(23-15-34)46-36-18-10-32(11-19-36)33-12-20-37(21-13-33)47-39-24-16-35(17-25-39)43-27-31(7-3)41(9-6-2)45-29-43/h5-6,8-25H,1,4,7,26-29H2,2-3H3/b9-6-,40-8+. The van der Waals surface area contributed by atoms with Crippen LogP contribution < -0.4 is 19.3 Å². The van der Waals surface area contributed by atoms with Crippen LogP contribution >= 0.6 is 0 Å². The molecule has 4 aromatic rings. The van der Waals surface area contributed by atoms with Crippen molar-refractivity contribution in [2.45, 2.75) is 20.3 Å². The van der Waals surface area contributed by atoms with Crippen molar-refractivity contribution in [2.75, 3.05) is 36.4 Å². The molecule has 0 amide bonds. The van der Waals surface area contributed by atoms with Gasteiger partial charge in [0.1, 0.15) is 34.5 Å². The Labute approximate surface area is 277 Å². The zero-order valence-electron chi connectivity index (χ0n) is 27.0. The van der Waals surface area contributed by atoms with Crippen molar-refractivity contribution in [1.29, 1.82) is 0 Å². The summed E-state index contributed by atoms with van der Waals surface area (Å²) in [6.07, 6.45) is 8.60. The van der Waals surface area contributed by atoms with Crippen molar-refractivity contribution in [1.82, 2.24) is 0 Å². The van der Waals surface area contributed by atoms with Crippen LogP contribution in [0, 0.1) is 0 Å². The number of hydrogen-bond acceptors (Lipinski definition) is 6. The topological polar surface area (TPSA) is 43.4 Å². The third kappa shape index (κ3) is 7.61. The minimum atomic E-state index is 0.464. The molecule has 6 heteroatoms. The molecule has 4 aromatic carbocycles. The Kier molecular flexibility index (Phi) is 9.78. The molecule has 2 aliphatic heterocycles. The van der Waals surface area contributed by atoms with E-state index in [0.29, 0.717) is 20.0 Å². The summed E-state index contributed by atoms with van der Waals surface area (Å²) in [6, 6.07) is 32.4. The van der Waals surface area contributed by atoms with E-state index in [1.54, 1.807) is 6.08 Å². The molecule has 0 bridgehead atoms. The van der Waals surface area contributed by atoms with Gasteiger partial charge < -0.3 is 28.7 Å². The number of anilines is 2. The van der Waals surface area contributed by atoms with E-state index in [4.69, 9.17) is 18.9 Å². The van der Waals surface area contributed by atoms with Crippen LogP contribution in [0.25, 0.3) is 11.1 Å². The van der Waals surface area contributed by atoms with Crippen molar-refractivity contribution < 1.29 is 18.9 Å². The lowest BCUT2D eigenvalue weighted by atomic mass is 10.1. The fraction of sp³-hybridized carbons (Fsp3) is 0.171. The smallest absolute Gasteiger partial charge is 0.161 e. The molecule has 0 saturated carbocycles. The van der Waals surface area contributed by atoms with Gasteiger partial charge in [0.15, 0.2) is 13.5 Å². The van der Waals surface area contributed by atoms with Crippen molar-refractivity contribution in [3.05, 3.63) is 157 Å². The number of nitrogens with zero attached hydrogens (tertiary/aromatic N) is 2. The normalized spacial score (nSPS) is 15.9. The van der Waals surface area contributed by atoms with Crippen molar-refractivity contribution in [3.8, 4) is 34.1 Å². The molecule has 0 aromatic heterocycles. The lowest BCUT2D eigenvalue weighted by molar-refractivity contribution is 0.202. The maximum atomic E-state index is 6.15. The first-order valence-electron chi connectivity index (χ1n) is 15.9. The maximum absolute atomic E-state index is 6.15. The van der Waals surface area contributed by atoms with Crippen LogP contribution in [-0.2, 0) is 9.47 Å². The average molecular weight is 625 g/mol. The largest absolute Gasteiger partial charge is 0.473 e. The van der Waals surface area contributed by atoms with Crippen LogP contribution in [0.15, 0.2) is 157 Å². The molecule has 0 spiro atoms. The van der Waals surface area contributed by atoms with Crippen LogP contribution in [0.4, 0.5) is 11.4 Å². The fourth-order valence-corrected chi connectivity index (χ4v) is 5.57. The summed E-state index contributed by atoms with van der Waals surface area (Å²) in [7, 11) is 0. The van der Waals surface area contributed by atoms with Crippen LogP contribution in [0.2, 0.25) is 0 Å². The SMILES string of the molecule is C=C/C=C1/OCN(c2ccc(Oc3ccc(-c4ccc(Oc5ccc(N6COC(/C=C\C)=C(CC)C6)cc5)cc4)cc3)cc2)CC1=C. The van der Waals surface area contributed by atoms with E-state index in [0.717, 1.165) is 75.6 Å². The summed E-state index contributed by atoms with van der Waals surface area (Å²) in [5.74, 6) is 4.90. The highest BCUT2D eigenvalue weighted by Crippen LogP contribution is 2.32. The molecule has 1 saturated heterocycles. The van der Waals surface area contributed by atoms with Gasteiger partial charge in [0.2, 0.25) is 0 Å². The van der Waals surface area contributed by atoms with E-state index in [1.807, 2.05) is 85.8 Å². The molecule has 1 fully saturated rings. The van der Waals surface area contributed by atoms with E-state index in [1.165, 1.54) is 5.57 Å². The Balaban J connectivity index is 1.02. The molecule has 2 heterocycles. The second-order valence-corrected chi connectivity index (χ2v) is 11.4. The quantitative estimate of drug-likeness (QED) is 0.175. The predicted octanol–water partition coefficient (Wildman–Crippen LogP) is 10.4. The highest BCUT2D eigenvalue weighted by atomic mass is 16.5. The summed E-state index contributed by atoms with van der Waals surface area (Å²) in [5, 5.41) is 0. The van der Waals surface area contributed by atoms with Gasteiger partial charge in [-0.15, -0.1) is 0 Å². The Morgan fingerprint density at radius 3 is 1.60 bits per heavy atom. The Morgan fingerprint density at radius 2 is 1.15 bits per heavy atom. The number of rotatable bonds is 10. The van der Waals surface area contributed by atoms with E-state index < -0.39 is 0 Å². The lowest BCUT2D eigenvalue weighted by Gasteiger charge is -2.32. The first-order chi connectivity index (χ1) is 23.0. The highest BCUT2D eigenvalue weighted by Gasteiger charge is 2.19. The van der Waals surface area contributed by atoms with Gasteiger partial charge in [0.05, 0.1) is 0 Å². The summed E-state index contributed by atoms with van der Waals surface area (Å²) in [6.45, 7) is 14.6. The van der Waals surface area contributed by atoms with Crippen molar-refractivity contribution in [2.24, 2.45) is 0 Å². The zero-order valence-corrected chi connectivity index (χ0v) is 27.0. The minimum absolute atomic E-state index is 0.464. The molecular weight excluding hydrogens is 584 g/mol. The van der Waals surface area contributed by atoms with Crippen molar-refractivity contribution in [3.63, 3.8) is 0 Å². The summed E-state index contributed by atoms with van der Waals surface area (Å²) in [5.41, 5.74) is 6.58. The van der Waals surface area contributed by atoms with E-state index in [9.17, 15) is 0 Å². The second kappa shape index (κ2) is 14.6. The van der Waals surface area contributed by atoms with Gasteiger partial charge in [-0.05, 0) is 115 Å². The Hall–Kier alpha value is -5.62. The Bertz CT molecular complexity index is 1780. The van der Waals surface area contributed by atoms with Gasteiger partial charge in [-0.25, -0.2) is 0 Å². The molecule has 6 nitrogen and oxygen atoms in total. The molecule has 2 aliphatic rings. The predicted molar refractivity (Wildman–Crippen MR) is 191 cm³/mol. The number of hydrogen-bond donors (Lipinski definition) is 0. The molecular formula is C41H40N2O4. The number of ether oxygens (including phenoxy) is 4. The third-order valence-electron chi connectivity index (χ3n) is 8.14. The van der Waals surface area contributed by atoms with Gasteiger partial charge in [-0.1, -0.05) is 56.5 Å². The first kappa shape index (κ1) is 31.4. The van der Waals surface area contributed by atoms with Crippen LogP contribution in [-0.4, -0.2) is 26.6 Å². The maximum Gasteiger partial charge on any atom is 0.161 e. The Morgan fingerprint density at radius 1 is 0.681 bits per heavy atom. The van der Waals surface area contributed by atoms with Gasteiger partial charge in [-0.2, -0.15) is 0 Å². The van der Waals surface area contributed by atoms with Gasteiger partial charge in [-0.3, -0.25) is 0 Å². The summed E-state index contributed by atoms with van der Waals surface area (Å²) >= 11 is 0. The van der Waals surface area contributed by atoms with Crippen molar-refractivity contribution >= 4 is 11.4 Å². The molecule has 0 N–H and O–H groups in total. The average Bonchev–Trinajstić information content (AvgIpc) is 3.11. The molecule has 6 rings (SSSR count). The van der Waals surface area contributed by atoms with E-state index in [-0.39, 0.29) is 0 Å². The van der Waals surface area contributed by atoms with Gasteiger partial charge in [0.25, 0.3) is 0 Å². The fourth-order valence-electron chi connectivity index (χ4n) is 5.57. The van der Waals surface area contributed by atoms with Crippen LogP contribution in [0.5, 0.6) is 23.0 Å². The lowest BCUT2D eigenvalue weighted by Crippen LogP contribution is -2.33. The highest BCUT2D eigenvalue weighted by molar-refractivity contribution is 5.65. The van der Waals surface area contributed by atoms with Crippen LogP contribution in [0.3, 0.4) is 0 Å². The van der Waals surface area contributed by atoms with Gasteiger partial charge >= 0.3 is 0 Å². The zero-order chi connectivity index (χ0) is 32.6. The van der Waals surface area contributed by atoms with E-state index in [2.05, 4.69) is 66.3 Å². The molecule has 0 atom stereocenters. The minimum Gasteiger partial charge on any atom is -0.473 e. The molecule has 0 aliphatic carbocycles. The van der Waals surface area contributed by atoms with Crippen LogP contribution in [0.1, 0.15) is 20.3 Å². The first-order valence-corrected chi connectivity index (χ1v) is 15.9. The van der Waals surface area contributed by atoms with E-state index >= 15 is 0 Å². The monoisotopic (exact) mass is 624 g/mol. The molecule has 47 heavy (non-hydrogen) atoms. The second-order valence-electron chi connectivity index (χ2n) is 11.4.